The Bertz CT molecular complexity index is 346. The maximum absolute atomic E-state index is 12.1. The van der Waals surface area contributed by atoms with Gasteiger partial charge in [-0.3, -0.25) is 9.59 Å². The molecule has 2 amide bonds. The molecule has 0 fully saturated rings. The third-order valence-corrected chi connectivity index (χ3v) is 3.06. The first kappa shape index (κ1) is 17.2. The van der Waals surface area contributed by atoms with Crippen LogP contribution in [0.25, 0.3) is 0 Å². The average molecular weight is 274 g/mol. The first-order valence-electron chi connectivity index (χ1n) is 5.92. The van der Waals surface area contributed by atoms with Crippen LogP contribution in [0.3, 0.4) is 0 Å². The van der Waals surface area contributed by atoms with Crippen LogP contribution in [0.15, 0.2) is 0 Å². The van der Waals surface area contributed by atoms with Gasteiger partial charge in [-0.25, -0.2) is 4.79 Å². The SMILES string of the molecule is CC(N(C)C(=O)N(CC(=O)O)CC(=O)O)C(C)(C)C. The van der Waals surface area contributed by atoms with Gasteiger partial charge in [-0.15, -0.1) is 0 Å². The van der Waals surface area contributed by atoms with E-state index in [1.165, 1.54) is 11.9 Å². The number of carbonyl (C=O) groups is 3. The predicted octanol–water partition coefficient (Wildman–Crippen LogP) is 0.944. The molecule has 19 heavy (non-hydrogen) atoms. The van der Waals surface area contributed by atoms with E-state index in [0.29, 0.717) is 0 Å². The first-order chi connectivity index (χ1) is 8.46. The smallest absolute Gasteiger partial charge is 0.323 e. The van der Waals surface area contributed by atoms with E-state index in [1.807, 2.05) is 27.7 Å². The molecule has 0 bridgehead atoms. The molecule has 0 spiro atoms. The number of amides is 2. The van der Waals surface area contributed by atoms with E-state index in [-0.39, 0.29) is 11.5 Å². The van der Waals surface area contributed by atoms with E-state index in [0.717, 1.165) is 4.90 Å². The number of hydrogen-bond acceptors (Lipinski definition) is 3. The molecule has 0 aliphatic heterocycles. The highest BCUT2D eigenvalue weighted by Crippen LogP contribution is 2.23. The van der Waals surface area contributed by atoms with Crippen molar-refractivity contribution in [2.24, 2.45) is 5.41 Å². The lowest BCUT2D eigenvalue weighted by atomic mass is 9.87. The van der Waals surface area contributed by atoms with Crippen LogP contribution in [0.5, 0.6) is 0 Å². The number of carboxylic acids is 2. The minimum Gasteiger partial charge on any atom is -0.480 e. The molecule has 0 aromatic carbocycles. The van der Waals surface area contributed by atoms with Crippen LogP contribution < -0.4 is 0 Å². The fourth-order valence-corrected chi connectivity index (χ4v) is 1.49. The van der Waals surface area contributed by atoms with Gasteiger partial charge in [0.15, 0.2) is 0 Å². The molecule has 0 aliphatic rings. The molecule has 2 N–H and O–H groups in total. The molecule has 0 aromatic rings. The van der Waals surface area contributed by atoms with Crippen molar-refractivity contribution < 1.29 is 24.6 Å². The lowest BCUT2D eigenvalue weighted by Gasteiger charge is -2.37. The zero-order valence-corrected chi connectivity index (χ0v) is 12.0. The van der Waals surface area contributed by atoms with Crippen molar-refractivity contribution in [3.63, 3.8) is 0 Å². The zero-order valence-electron chi connectivity index (χ0n) is 12.0. The molecule has 0 radical (unpaired) electrons. The lowest BCUT2D eigenvalue weighted by Crippen LogP contribution is -2.51. The summed E-state index contributed by atoms with van der Waals surface area (Å²) in [5, 5.41) is 17.4. The Labute approximate surface area is 112 Å². The normalized spacial score (nSPS) is 12.7. The number of nitrogens with zero attached hydrogens (tertiary/aromatic N) is 2. The van der Waals surface area contributed by atoms with E-state index in [4.69, 9.17) is 10.2 Å². The topological polar surface area (TPSA) is 98.2 Å². The summed E-state index contributed by atoms with van der Waals surface area (Å²) in [6.45, 7) is 6.40. The Morgan fingerprint density at radius 1 is 1.05 bits per heavy atom. The van der Waals surface area contributed by atoms with Crippen molar-refractivity contribution in [2.45, 2.75) is 33.7 Å². The zero-order chi connectivity index (χ0) is 15.4. The van der Waals surface area contributed by atoms with E-state index >= 15 is 0 Å². The molecule has 0 aromatic heterocycles. The largest absolute Gasteiger partial charge is 0.480 e. The molecular formula is C12H22N2O5. The molecular weight excluding hydrogens is 252 g/mol. The molecule has 0 saturated carbocycles. The van der Waals surface area contributed by atoms with Crippen molar-refractivity contribution in [3.05, 3.63) is 0 Å². The van der Waals surface area contributed by atoms with Gasteiger partial charge in [0.2, 0.25) is 0 Å². The highest BCUT2D eigenvalue weighted by molar-refractivity contribution is 5.84. The van der Waals surface area contributed by atoms with E-state index in [9.17, 15) is 14.4 Å². The molecule has 0 aliphatic carbocycles. The number of rotatable bonds is 5. The van der Waals surface area contributed by atoms with Crippen LogP contribution in [0.4, 0.5) is 4.79 Å². The number of urea groups is 1. The molecule has 0 saturated heterocycles. The third kappa shape index (κ3) is 5.58. The van der Waals surface area contributed by atoms with E-state index < -0.39 is 31.1 Å². The van der Waals surface area contributed by atoms with Gasteiger partial charge in [-0.1, -0.05) is 20.8 Å². The summed E-state index contributed by atoms with van der Waals surface area (Å²) in [5.74, 6) is -2.49. The van der Waals surface area contributed by atoms with Gasteiger partial charge in [0.1, 0.15) is 13.1 Å². The van der Waals surface area contributed by atoms with Gasteiger partial charge in [0, 0.05) is 13.1 Å². The maximum atomic E-state index is 12.1. The molecule has 1 atom stereocenters. The standard InChI is InChI=1S/C12H22N2O5/c1-8(12(2,3)4)13(5)11(19)14(6-9(15)16)7-10(17)18/h8H,6-7H2,1-5H3,(H,15,16)(H,17,18). The van der Waals surface area contributed by atoms with Gasteiger partial charge in [0.05, 0.1) is 0 Å². The van der Waals surface area contributed by atoms with Gasteiger partial charge < -0.3 is 20.0 Å². The van der Waals surface area contributed by atoms with Crippen molar-refractivity contribution in [2.75, 3.05) is 20.1 Å². The summed E-state index contributed by atoms with van der Waals surface area (Å²) in [6.07, 6.45) is 0. The van der Waals surface area contributed by atoms with Crippen molar-refractivity contribution in [1.82, 2.24) is 9.80 Å². The van der Waals surface area contributed by atoms with Gasteiger partial charge in [-0.05, 0) is 12.3 Å². The summed E-state index contributed by atoms with van der Waals surface area (Å²) in [4.78, 5) is 35.7. The van der Waals surface area contributed by atoms with Crippen molar-refractivity contribution >= 4 is 18.0 Å². The van der Waals surface area contributed by atoms with Crippen LogP contribution >= 0.6 is 0 Å². The number of hydrogen-bond donors (Lipinski definition) is 2. The van der Waals surface area contributed by atoms with Crippen LogP contribution in [0.1, 0.15) is 27.7 Å². The third-order valence-electron chi connectivity index (χ3n) is 3.06. The van der Waals surface area contributed by atoms with Crippen LogP contribution in [-0.2, 0) is 9.59 Å². The Morgan fingerprint density at radius 2 is 1.42 bits per heavy atom. The van der Waals surface area contributed by atoms with Gasteiger partial charge in [-0.2, -0.15) is 0 Å². The van der Waals surface area contributed by atoms with Crippen LogP contribution in [0.2, 0.25) is 0 Å². The summed E-state index contributed by atoms with van der Waals surface area (Å²) in [7, 11) is 1.54. The van der Waals surface area contributed by atoms with Crippen LogP contribution in [0, 0.1) is 5.41 Å². The molecule has 1 unspecified atom stereocenters. The highest BCUT2D eigenvalue weighted by atomic mass is 16.4. The van der Waals surface area contributed by atoms with Crippen molar-refractivity contribution in [1.29, 1.82) is 0 Å². The Kier molecular flexibility index (Phi) is 5.80. The quantitative estimate of drug-likeness (QED) is 0.777. The number of carbonyl (C=O) groups excluding carboxylic acids is 1. The monoisotopic (exact) mass is 274 g/mol. The number of aliphatic carboxylic acids is 2. The van der Waals surface area contributed by atoms with Gasteiger partial charge >= 0.3 is 18.0 Å². The van der Waals surface area contributed by atoms with Crippen molar-refractivity contribution in [3.8, 4) is 0 Å². The highest BCUT2D eigenvalue weighted by Gasteiger charge is 2.31. The van der Waals surface area contributed by atoms with E-state index in [2.05, 4.69) is 0 Å². The molecule has 0 heterocycles. The summed E-state index contributed by atoms with van der Waals surface area (Å²) < 4.78 is 0. The fraction of sp³-hybridized carbons (Fsp3) is 0.750. The Hall–Kier alpha value is -1.79. The summed E-state index contributed by atoms with van der Waals surface area (Å²) in [5.41, 5.74) is -0.192. The lowest BCUT2D eigenvalue weighted by molar-refractivity contribution is -0.140. The predicted molar refractivity (Wildman–Crippen MR) is 68.9 cm³/mol. The molecule has 0 rings (SSSR count). The first-order valence-corrected chi connectivity index (χ1v) is 5.92. The Morgan fingerprint density at radius 3 is 1.68 bits per heavy atom. The minimum atomic E-state index is -1.24. The van der Waals surface area contributed by atoms with Gasteiger partial charge in [0.25, 0.3) is 0 Å². The number of carboxylic acid groups (broad SMARTS) is 2. The van der Waals surface area contributed by atoms with Crippen LogP contribution in [-0.4, -0.2) is 64.2 Å². The average Bonchev–Trinajstić information content (AvgIpc) is 2.22. The molecule has 7 heteroatoms. The summed E-state index contributed by atoms with van der Waals surface area (Å²) >= 11 is 0. The fourth-order valence-electron chi connectivity index (χ4n) is 1.49. The second kappa shape index (κ2) is 6.40. The summed E-state index contributed by atoms with van der Waals surface area (Å²) in [6, 6.07) is -0.766. The molecule has 110 valence electrons. The van der Waals surface area contributed by atoms with E-state index in [1.54, 1.807) is 0 Å². The minimum absolute atomic E-state index is 0.162. The second-order valence-electron chi connectivity index (χ2n) is 5.58. The second-order valence-corrected chi connectivity index (χ2v) is 5.58. The Balaban J connectivity index is 4.97. The molecule has 7 nitrogen and oxygen atoms in total. The maximum Gasteiger partial charge on any atom is 0.323 e.